The van der Waals surface area contributed by atoms with Gasteiger partial charge in [-0.3, -0.25) is 4.90 Å². The summed E-state index contributed by atoms with van der Waals surface area (Å²) in [5.74, 6) is 1.48. The van der Waals surface area contributed by atoms with Crippen molar-refractivity contribution in [1.29, 1.82) is 0 Å². The van der Waals surface area contributed by atoms with Crippen LogP contribution in [0.1, 0.15) is 0 Å². The number of anilines is 2. The summed E-state index contributed by atoms with van der Waals surface area (Å²) in [4.78, 5) is 14.7. The van der Waals surface area contributed by atoms with Gasteiger partial charge in [0.1, 0.15) is 28.5 Å². The number of hydrogen-bond donors (Lipinski definition) is 1. The van der Waals surface area contributed by atoms with E-state index in [2.05, 4.69) is 42.6 Å². The number of aromatic nitrogens is 2. The van der Waals surface area contributed by atoms with E-state index in [4.69, 9.17) is 4.74 Å². The minimum atomic E-state index is -0.236. The maximum atomic E-state index is 13.4. The SMILES string of the molecule is COc1ccc(N2CCN(CCNc3ncnc4scc(-c5ccc(F)cc5)c34)CC2)cc1. The molecular weight excluding hydrogens is 437 g/mol. The Kier molecular flexibility index (Phi) is 6.37. The summed E-state index contributed by atoms with van der Waals surface area (Å²) in [5, 5.41) is 6.57. The van der Waals surface area contributed by atoms with Crippen LogP contribution in [0, 0.1) is 5.82 Å². The molecule has 1 saturated heterocycles. The van der Waals surface area contributed by atoms with Crippen molar-refractivity contribution in [3.8, 4) is 16.9 Å². The molecule has 0 aliphatic carbocycles. The van der Waals surface area contributed by atoms with Crippen LogP contribution >= 0.6 is 11.3 Å². The fraction of sp³-hybridized carbons (Fsp3) is 0.280. The fourth-order valence-corrected chi connectivity index (χ4v) is 5.12. The summed E-state index contributed by atoms with van der Waals surface area (Å²) in [7, 11) is 1.69. The van der Waals surface area contributed by atoms with E-state index >= 15 is 0 Å². The Labute approximate surface area is 196 Å². The number of ether oxygens (including phenoxy) is 1. The second kappa shape index (κ2) is 9.72. The van der Waals surface area contributed by atoms with Gasteiger partial charge in [0.2, 0.25) is 0 Å². The largest absolute Gasteiger partial charge is 0.497 e. The van der Waals surface area contributed by atoms with E-state index in [1.165, 1.54) is 17.8 Å². The molecule has 1 aliphatic rings. The number of rotatable bonds is 7. The number of nitrogens with one attached hydrogen (secondary N) is 1. The van der Waals surface area contributed by atoms with Gasteiger partial charge in [0.05, 0.1) is 12.5 Å². The van der Waals surface area contributed by atoms with Crippen molar-refractivity contribution in [3.63, 3.8) is 0 Å². The predicted octanol–water partition coefficient (Wildman–Crippen LogP) is 4.74. The highest BCUT2D eigenvalue weighted by Crippen LogP contribution is 2.36. The first-order chi connectivity index (χ1) is 16.2. The average Bonchev–Trinajstić information content (AvgIpc) is 3.30. The Balaban J connectivity index is 1.20. The Morgan fingerprint density at radius 1 is 1.00 bits per heavy atom. The van der Waals surface area contributed by atoms with Crippen molar-refractivity contribution in [2.75, 3.05) is 56.6 Å². The smallest absolute Gasteiger partial charge is 0.138 e. The van der Waals surface area contributed by atoms with Crippen molar-refractivity contribution in [2.24, 2.45) is 0 Å². The Morgan fingerprint density at radius 2 is 1.76 bits per heavy atom. The standard InChI is InChI=1S/C25H26FN5OS/c1-32-21-8-6-20(7-9-21)31-14-12-30(13-15-31)11-10-27-24-23-22(16-33-25(23)29-17-28-24)18-2-4-19(26)5-3-18/h2-9,16-17H,10-15H2,1H3,(H,27,28,29). The molecule has 5 rings (SSSR count). The van der Waals surface area contributed by atoms with Crippen LogP contribution in [0.4, 0.5) is 15.9 Å². The maximum absolute atomic E-state index is 13.4. The number of fused-ring (bicyclic) bond motifs is 1. The molecule has 0 saturated carbocycles. The van der Waals surface area contributed by atoms with Gasteiger partial charge in [0.15, 0.2) is 0 Å². The first-order valence-electron chi connectivity index (χ1n) is 11.0. The van der Waals surface area contributed by atoms with Gasteiger partial charge >= 0.3 is 0 Å². The number of methoxy groups -OCH3 is 1. The van der Waals surface area contributed by atoms with E-state index in [9.17, 15) is 4.39 Å². The van der Waals surface area contributed by atoms with Crippen LogP contribution in [0.5, 0.6) is 5.75 Å². The van der Waals surface area contributed by atoms with Crippen LogP contribution in [0.15, 0.2) is 60.2 Å². The summed E-state index contributed by atoms with van der Waals surface area (Å²) in [6, 6.07) is 14.8. The summed E-state index contributed by atoms with van der Waals surface area (Å²) in [5.41, 5.74) is 3.24. The first kappa shape index (κ1) is 21.6. The molecule has 0 atom stereocenters. The first-order valence-corrected chi connectivity index (χ1v) is 11.9. The van der Waals surface area contributed by atoms with E-state index in [0.29, 0.717) is 0 Å². The summed E-state index contributed by atoms with van der Waals surface area (Å²) >= 11 is 1.58. The molecule has 0 bridgehead atoms. The van der Waals surface area contributed by atoms with Gasteiger partial charge in [0, 0.05) is 55.9 Å². The molecule has 2 aromatic carbocycles. The highest BCUT2D eigenvalue weighted by atomic mass is 32.1. The van der Waals surface area contributed by atoms with E-state index in [-0.39, 0.29) is 5.82 Å². The van der Waals surface area contributed by atoms with Gasteiger partial charge in [0.25, 0.3) is 0 Å². The zero-order valence-electron chi connectivity index (χ0n) is 18.5. The Morgan fingerprint density at radius 3 is 2.48 bits per heavy atom. The molecule has 0 spiro atoms. The average molecular weight is 464 g/mol. The third kappa shape index (κ3) is 4.77. The molecule has 4 aromatic rings. The molecule has 33 heavy (non-hydrogen) atoms. The molecule has 1 N–H and O–H groups in total. The topological polar surface area (TPSA) is 53.5 Å². The number of benzene rings is 2. The minimum absolute atomic E-state index is 0.236. The van der Waals surface area contributed by atoms with Crippen molar-refractivity contribution in [2.45, 2.75) is 0 Å². The molecule has 0 radical (unpaired) electrons. The zero-order chi connectivity index (χ0) is 22.6. The lowest BCUT2D eigenvalue weighted by Crippen LogP contribution is -2.47. The van der Waals surface area contributed by atoms with Crippen LogP contribution < -0.4 is 15.0 Å². The van der Waals surface area contributed by atoms with Crippen molar-refractivity contribution in [1.82, 2.24) is 14.9 Å². The van der Waals surface area contributed by atoms with Gasteiger partial charge in [-0.2, -0.15) is 0 Å². The number of hydrogen-bond acceptors (Lipinski definition) is 7. The lowest BCUT2D eigenvalue weighted by molar-refractivity contribution is 0.267. The summed E-state index contributed by atoms with van der Waals surface area (Å²) < 4.78 is 18.6. The van der Waals surface area contributed by atoms with Crippen LogP contribution in [0.25, 0.3) is 21.3 Å². The molecular formula is C25H26FN5OS. The van der Waals surface area contributed by atoms with Gasteiger partial charge in [-0.25, -0.2) is 14.4 Å². The molecule has 8 heteroatoms. The minimum Gasteiger partial charge on any atom is -0.497 e. The van der Waals surface area contributed by atoms with Crippen LogP contribution in [0.2, 0.25) is 0 Å². The molecule has 170 valence electrons. The van der Waals surface area contributed by atoms with E-state index < -0.39 is 0 Å². The number of piperazine rings is 1. The second-order valence-electron chi connectivity index (χ2n) is 8.01. The van der Waals surface area contributed by atoms with Gasteiger partial charge < -0.3 is 15.0 Å². The van der Waals surface area contributed by atoms with Crippen LogP contribution in [-0.2, 0) is 0 Å². The number of thiophene rings is 1. The molecule has 0 unspecified atom stereocenters. The van der Waals surface area contributed by atoms with Crippen LogP contribution in [-0.4, -0.2) is 61.2 Å². The van der Waals surface area contributed by atoms with Crippen molar-refractivity contribution in [3.05, 3.63) is 66.1 Å². The predicted molar refractivity (Wildman–Crippen MR) is 133 cm³/mol. The highest BCUT2D eigenvalue weighted by molar-refractivity contribution is 7.17. The van der Waals surface area contributed by atoms with Gasteiger partial charge in [-0.15, -0.1) is 11.3 Å². The van der Waals surface area contributed by atoms with E-state index in [1.54, 1.807) is 36.9 Å². The van der Waals surface area contributed by atoms with E-state index in [1.807, 2.05) is 12.1 Å². The summed E-state index contributed by atoms with van der Waals surface area (Å²) in [6.45, 7) is 5.79. The fourth-order valence-electron chi connectivity index (χ4n) is 4.21. The molecule has 6 nitrogen and oxygen atoms in total. The van der Waals surface area contributed by atoms with Crippen molar-refractivity contribution >= 4 is 33.1 Å². The van der Waals surface area contributed by atoms with Crippen LogP contribution in [0.3, 0.4) is 0 Å². The maximum Gasteiger partial charge on any atom is 0.138 e. The highest BCUT2D eigenvalue weighted by Gasteiger charge is 2.18. The number of halogens is 1. The Bertz CT molecular complexity index is 1200. The molecule has 1 aliphatic heterocycles. The lowest BCUT2D eigenvalue weighted by Gasteiger charge is -2.36. The zero-order valence-corrected chi connectivity index (χ0v) is 19.3. The number of nitrogens with zero attached hydrogens (tertiary/aromatic N) is 4. The second-order valence-corrected chi connectivity index (χ2v) is 8.87. The third-order valence-electron chi connectivity index (χ3n) is 6.06. The lowest BCUT2D eigenvalue weighted by atomic mass is 10.1. The van der Waals surface area contributed by atoms with Gasteiger partial charge in [-0.05, 0) is 42.0 Å². The molecule has 0 amide bonds. The normalized spacial score (nSPS) is 14.5. The summed E-state index contributed by atoms with van der Waals surface area (Å²) in [6.07, 6.45) is 1.60. The monoisotopic (exact) mass is 463 g/mol. The molecule has 1 fully saturated rings. The van der Waals surface area contributed by atoms with Gasteiger partial charge in [-0.1, -0.05) is 12.1 Å². The van der Waals surface area contributed by atoms with E-state index in [0.717, 1.165) is 72.2 Å². The third-order valence-corrected chi connectivity index (χ3v) is 6.94. The van der Waals surface area contributed by atoms with Crippen molar-refractivity contribution < 1.29 is 9.13 Å². The quantitative estimate of drug-likeness (QED) is 0.427. The molecule has 2 aromatic heterocycles. The Hall–Kier alpha value is -3.23. The molecule has 3 heterocycles.